The van der Waals surface area contributed by atoms with Gasteiger partial charge in [0.05, 0.1) is 6.61 Å². The highest BCUT2D eigenvalue weighted by Crippen LogP contribution is 2.37. The highest BCUT2D eigenvalue weighted by Gasteiger charge is 2.27. The molecule has 0 aromatic carbocycles. The van der Waals surface area contributed by atoms with Crippen molar-refractivity contribution in [3.05, 3.63) is 11.6 Å². The van der Waals surface area contributed by atoms with Crippen LogP contribution < -0.4 is 0 Å². The molecule has 0 spiro atoms. The zero-order valence-electron chi connectivity index (χ0n) is 12.0. The Labute approximate surface area is 110 Å². The molecule has 1 N–H and O–H groups in total. The first-order chi connectivity index (χ1) is 8.34. The third-order valence-electron chi connectivity index (χ3n) is 3.74. The Bertz CT molecular complexity index is 312. The molecule has 1 aliphatic rings. The van der Waals surface area contributed by atoms with Crippen molar-refractivity contribution in [3.63, 3.8) is 0 Å². The van der Waals surface area contributed by atoms with Crippen LogP contribution in [0.4, 0.5) is 0 Å². The second-order valence-corrected chi connectivity index (χ2v) is 6.17. The SMILES string of the molecule is CCOC(=O)C(O)CC1=CCC(C(C)(C)C)CC1. The lowest BCUT2D eigenvalue weighted by Crippen LogP contribution is -2.26. The van der Waals surface area contributed by atoms with Crippen LogP contribution in [0.25, 0.3) is 0 Å². The fourth-order valence-electron chi connectivity index (χ4n) is 2.43. The summed E-state index contributed by atoms with van der Waals surface area (Å²) in [5.74, 6) is 0.192. The van der Waals surface area contributed by atoms with Crippen LogP contribution in [-0.4, -0.2) is 23.8 Å². The van der Waals surface area contributed by atoms with Gasteiger partial charge in [-0.05, 0) is 37.5 Å². The fraction of sp³-hybridized carbons (Fsp3) is 0.800. The Morgan fingerprint density at radius 3 is 2.67 bits per heavy atom. The molecule has 2 unspecified atom stereocenters. The van der Waals surface area contributed by atoms with Crippen molar-refractivity contribution in [1.29, 1.82) is 0 Å². The molecule has 3 nitrogen and oxygen atoms in total. The fourth-order valence-corrected chi connectivity index (χ4v) is 2.43. The average molecular weight is 254 g/mol. The summed E-state index contributed by atoms with van der Waals surface area (Å²) in [6.45, 7) is 8.87. The smallest absolute Gasteiger partial charge is 0.335 e. The first-order valence-corrected chi connectivity index (χ1v) is 6.87. The Hall–Kier alpha value is -0.830. The van der Waals surface area contributed by atoms with E-state index in [2.05, 4.69) is 26.8 Å². The van der Waals surface area contributed by atoms with Gasteiger partial charge in [0, 0.05) is 6.42 Å². The van der Waals surface area contributed by atoms with Gasteiger partial charge in [-0.15, -0.1) is 0 Å². The zero-order chi connectivity index (χ0) is 13.8. The van der Waals surface area contributed by atoms with E-state index in [-0.39, 0.29) is 0 Å². The molecular formula is C15H26O3. The van der Waals surface area contributed by atoms with Crippen LogP contribution in [0.15, 0.2) is 11.6 Å². The van der Waals surface area contributed by atoms with Gasteiger partial charge in [0.2, 0.25) is 0 Å². The molecule has 3 heteroatoms. The highest BCUT2D eigenvalue weighted by molar-refractivity contribution is 5.74. The monoisotopic (exact) mass is 254 g/mol. The van der Waals surface area contributed by atoms with E-state index >= 15 is 0 Å². The first-order valence-electron chi connectivity index (χ1n) is 6.87. The van der Waals surface area contributed by atoms with Crippen molar-refractivity contribution in [2.24, 2.45) is 11.3 Å². The van der Waals surface area contributed by atoms with Gasteiger partial charge in [-0.2, -0.15) is 0 Å². The van der Waals surface area contributed by atoms with Crippen LogP contribution in [0.5, 0.6) is 0 Å². The van der Waals surface area contributed by atoms with Crippen LogP contribution in [0.1, 0.15) is 53.4 Å². The maximum atomic E-state index is 11.3. The molecule has 104 valence electrons. The number of carbonyl (C=O) groups excluding carboxylic acids is 1. The maximum absolute atomic E-state index is 11.3. The molecule has 0 bridgehead atoms. The van der Waals surface area contributed by atoms with Crippen molar-refractivity contribution in [2.75, 3.05) is 6.61 Å². The second kappa shape index (κ2) is 6.37. The minimum atomic E-state index is -0.998. The summed E-state index contributed by atoms with van der Waals surface area (Å²) in [6, 6.07) is 0. The molecule has 0 saturated heterocycles. The number of carbonyl (C=O) groups is 1. The van der Waals surface area contributed by atoms with Crippen molar-refractivity contribution < 1.29 is 14.6 Å². The van der Waals surface area contributed by atoms with E-state index in [9.17, 15) is 9.90 Å². The number of ether oxygens (including phenoxy) is 1. The largest absolute Gasteiger partial charge is 0.464 e. The van der Waals surface area contributed by atoms with Crippen molar-refractivity contribution in [3.8, 4) is 0 Å². The van der Waals surface area contributed by atoms with Gasteiger partial charge < -0.3 is 9.84 Å². The quantitative estimate of drug-likeness (QED) is 0.619. The van der Waals surface area contributed by atoms with Crippen LogP contribution >= 0.6 is 0 Å². The molecule has 0 aliphatic heterocycles. The number of aliphatic hydroxyl groups excluding tert-OH is 1. The molecule has 0 saturated carbocycles. The van der Waals surface area contributed by atoms with Crippen LogP contribution in [-0.2, 0) is 9.53 Å². The average Bonchev–Trinajstić information content (AvgIpc) is 2.28. The molecule has 0 amide bonds. The van der Waals surface area contributed by atoms with E-state index < -0.39 is 12.1 Å². The number of allylic oxidation sites excluding steroid dienone is 1. The van der Waals surface area contributed by atoms with E-state index in [1.54, 1.807) is 6.92 Å². The van der Waals surface area contributed by atoms with Gasteiger partial charge in [-0.1, -0.05) is 32.4 Å². The molecule has 0 heterocycles. The summed E-state index contributed by atoms with van der Waals surface area (Å²) in [5.41, 5.74) is 1.53. The molecular weight excluding hydrogens is 228 g/mol. The van der Waals surface area contributed by atoms with Gasteiger partial charge >= 0.3 is 5.97 Å². The Morgan fingerprint density at radius 2 is 2.22 bits per heavy atom. The predicted molar refractivity (Wildman–Crippen MR) is 72.1 cm³/mol. The topological polar surface area (TPSA) is 46.5 Å². The van der Waals surface area contributed by atoms with E-state index in [0.29, 0.717) is 24.4 Å². The van der Waals surface area contributed by atoms with Gasteiger partial charge in [0.1, 0.15) is 0 Å². The molecule has 0 aromatic heterocycles. The Morgan fingerprint density at radius 1 is 1.56 bits per heavy atom. The third kappa shape index (κ3) is 4.45. The van der Waals surface area contributed by atoms with Crippen molar-refractivity contribution >= 4 is 5.97 Å². The second-order valence-electron chi connectivity index (χ2n) is 6.17. The highest BCUT2D eigenvalue weighted by atomic mass is 16.5. The molecule has 0 fully saturated rings. The summed E-state index contributed by atoms with van der Waals surface area (Å²) in [6.07, 6.45) is 4.80. The molecule has 1 rings (SSSR count). The van der Waals surface area contributed by atoms with E-state index in [1.165, 1.54) is 5.57 Å². The lowest BCUT2D eigenvalue weighted by Gasteiger charge is -2.33. The normalized spacial score (nSPS) is 22.3. The molecule has 18 heavy (non-hydrogen) atoms. The summed E-state index contributed by atoms with van der Waals surface area (Å²) < 4.78 is 4.80. The zero-order valence-corrected chi connectivity index (χ0v) is 12.0. The molecule has 0 aromatic rings. The molecule has 1 aliphatic carbocycles. The Balaban J connectivity index is 2.46. The Kier molecular flexibility index (Phi) is 5.39. The van der Waals surface area contributed by atoms with E-state index in [1.807, 2.05) is 0 Å². The third-order valence-corrected chi connectivity index (χ3v) is 3.74. The minimum Gasteiger partial charge on any atom is -0.464 e. The first kappa shape index (κ1) is 15.2. The van der Waals surface area contributed by atoms with Crippen LogP contribution in [0.3, 0.4) is 0 Å². The summed E-state index contributed by atoms with van der Waals surface area (Å²) in [7, 11) is 0. The van der Waals surface area contributed by atoms with Crippen molar-refractivity contribution in [1.82, 2.24) is 0 Å². The molecule has 2 atom stereocenters. The maximum Gasteiger partial charge on any atom is 0.335 e. The number of aliphatic hydroxyl groups is 1. The van der Waals surface area contributed by atoms with Crippen LogP contribution in [0.2, 0.25) is 0 Å². The van der Waals surface area contributed by atoms with Crippen LogP contribution in [0, 0.1) is 11.3 Å². The summed E-state index contributed by atoms with van der Waals surface area (Å²) in [5, 5.41) is 9.71. The minimum absolute atomic E-state index is 0.320. The van der Waals surface area contributed by atoms with Gasteiger partial charge in [-0.3, -0.25) is 0 Å². The number of hydrogen-bond acceptors (Lipinski definition) is 3. The van der Waals surface area contributed by atoms with E-state index in [0.717, 1.165) is 19.3 Å². The molecule has 0 radical (unpaired) electrons. The van der Waals surface area contributed by atoms with Gasteiger partial charge in [0.15, 0.2) is 6.10 Å². The summed E-state index contributed by atoms with van der Waals surface area (Å²) >= 11 is 0. The van der Waals surface area contributed by atoms with Gasteiger partial charge in [0.25, 0.3) is 0 Å². The summed E-state index contributed by atoms with van der Waals surface area (Å²) in [4.78, 5) is 11.3. The van der Waals surface area contributed by atoms with E-state index in [4.69, 9.17) is 4.74 Å². The lowest BCUT2D eigenvalue weighted by molar-refractivity contribution is -0.152. The number of hydrogen-bond donors (Lipinski definition) is 1. The predicted octanol–water partition coefficient (Wildman–Crippen LogP) is 3.07. The standard InChI is InChI=1S/C15H26O3/c1-5-18-14(17)13(16)10-11-6-8-12(9-7-11)15(2,3)4/h6,12-13,16H,5,7-10H2,1-4H3. The number of rotatable bonds is 4. The lowest BCUT2D eigenvalue weighted by atomic mass is 9.72. The number of esters is 1. The van der Waals surface area contributed by atoms with Gasteiger partial charge in [-0.25, -0.2) is 4.79 Å². The van der Waals surface area contributed by atoms with Crippen molar-refractivity contribution in [2.45, 2.75) is 59.5 Å².